The molecular weight excluding hydrogens is 294 g/mol. The summed E-state index contributed by atoms with van der Waals surface area (Å²) in [6, 6.07) is 0. The van der Waals surface area contributed by atoms with E-state index in [0.717, 1.165) is 0 Å². The number of nitrogens with two attached hydrogens (primary N) is 1. The molecule has 0 aromatic carbocycles. The third kappa shape index (κ3) is 3.69. The van der Waals surface area contributed by atoms with Gasteiger partial charge in [0.1, 0.15) is 16.6 Å². The Labute approximate surface area is 105 Å². The van der Waals surface area contributed by atoms with Crippen molar-refractivity contribution >= 4 is 38.4 Å². The first kappa shape index (κ1) is 13.3. The molecule has 1 heterocycles. The molecule has 1 rings (SSSR count). The number of rotatable bonds is 6. The topological polar surface area (TPSA) is 92.9 Å². The number of anilines is 2. The highest BCUT2D eigenvalue weighted by Crippen LogP contribution is 2.25. The van der Waals surface area contributed by atoms with Gasteiger partial charge in [-0.2, -0.15) is 0 Å². The Hall–Kier alpha value is -0.730. The van der Waals surface area contributed by atoms with Crippen molar-refractivity contribution in [3.63, 3.8) is 0 Å². The molecule has 1 aromatic heterocycles. The molecule has 0 aliphatic carbocycles. The summed E-state index contributed by atoms with van der Waals surface area (Å²) in [4.78, 5) is 7.97. The first-order valence-corrected chi connectivity index (χ1v) is 7.03. The molecule has 0 radical (unpaired) electrons. The average molecular weight is 308 g/mol. The van der Waals surface area contributed by atoms with Crippen LogP contribution >= 0.6 is 15.9 Å². The van der Waals surface area contributed by atoms with E-state index in [-0.39, 0.29) is 0 Å². The maximum Gasteiger partial charge on any atom is 0.159 e. The third-order valence-corrected chi connectivity index (χ3v) is 3.92. The smallest absolute Gasteiger partial charge is 0.159 e. The van der Waals surface area contributed by atoms with E-state index in [1.807, 2.05) is 6.92 Å². The molecule has 0 amide bonds. The first-order chi connectivity index (χ1) is 7.69. The number of nitrogen functional groups attached to an aromatic ring is 1. The fourth-order valence-electron chi connectivity index (χ4n) is 1.02. The van der Waals surface area contributed by atoms with Gasteiger partial charge in [0.2, 0.25) is 0 Å². The molecule has 0 aliphatic rings. The summed E-state index contributed by atoms with van der Waals surface area (Å²) in [5.41, 5.74) is 2.45. The van der Waals surface area contributed by atoms with Crippen molar-refractivity contribution in [1.82, 2.24) is 9.97 Å². The number of aromatic nitrogens is 2. The van der Waals surface area contributed by atoms with Gasteiger partial charge in [-0.3, -0.25) is 4.21 Å². The summed E-state index contributed by atoms with van der Waals surface area (Å²) >= 11 is 3.32. The van der Waals surface area contributed by atoms with Crippen molar-refractivity contribution in [2.75, 3.05) is 28.8 Å². The average Bonchev–Trinajstić information content (AvgIpc) is 2.31. The van der Waals surface area contributed by atoms with Crippen LogP contribution in [0, 0.1) is 0 Å². The summed E-state index contributed by atoms with van der Waals surface area (Å²) in [7, 11) is -0.776. The molecule has 16 heavy (non-hydrogen) atoms. The van der Waals surface area contributed by atoms with Crippen LogP contribution in [0.25, 0.3) is 0 Å². The zero-order valence-corrected chi connectivity index (χ0v) is 11.3. The molecule has 6 nitrogen and oxygen atoms in total. The van der Waals surface area contributed by atoms with Gasteiger partial charge in [-0.05, 0) is 15.9 Å². The van der Waals surface area contributed by atoms with Crippen LogP contribution in [0.4, 0.5) is 11.6 Å². The van der Waals surface area contributed by atoms with Gasteiger partial charge in [-0.25, -0.2) is 15.8 Å². The van der Waals surface area contributed by atoms with E-state index in [4.69, 9.17) is 5.84 Å². The van der Waals surface area contributed by atoms with Crippen molar-refractivity contribution in [3.05, 3.63) is 10.8 Å². The second-order valence-corrected chi connectivity index (χ2v) is 5.55. The molecule has 0 saturated carbocycles. The zero-order chi connectivity index (χ0) is 12.0. The van der Waals surface area contributed by atoms with Gasteiger partial charge in [-0.1, -0.05) is 6.92 Å². The van der Waals surface area contributed by atoms with Gasteiger partial charge in [0.15, 0.2) is 5.82 Å². The summed E-state index contributed by atoms with van der Waals surface area (Å²) in [5, 5.41) is 3.07. The standard InChI is InChI=1S/C8H14BrN5OS/c1-2-16(15)4-3-11-7-6(9)8(14-10)13-5-12-7/h5H,2-4,10H2,1H3,(H2,11,12,13,14). The quantitative estimate of drug-likeness (QED) is 0.529. The summed E-state index contributed by atoms with van der Waals surface area (Å²) < 4.78 is 11.9. The van der Waals surface area contributed by atoms with Crippen LogP contribution in [-0.2, 0) is 10.8 Å². The van der Waals surface area contributed by atoms with Gasteiger partial charge >= 0.3 is 0 Å². The molecule has 90 valence electrons. The Morgan fingerprint density at radius 1 is 1.50 bits per heavy atom. The minimum Gasteiger partial charge on any atom is -0.368 e. The maximum absolute atomic E-state index is 11.2. The van der Waals surface area contributed by atoms with E-state index in [1.54, 1.807) is 0 Å². The first-order valence-electron chi connectivity index (χ1n) is 4.75. The molecule has 0 spiro atoms. The van der Waals surface area contributed by atoms with Crippen molar-refractivity contribution in [1.29, 1.82) is 0 Å². The highest BCUT2D eigenvalue weighted by Gasteiger charge is 2.07. The highest BCUT2D eigenvalue weighted by molar-refractivity contribution is 9.10. The van der Waals surface area contributed by atoms with Gasteiger partial charge in [0.25, 0.3) is 0 Å². The molecule has 8 heteroatoms. The Kier molecular flexibility index (Phi) is 5.64. The molecule has 0 fully saturated rings. The van der Waals surface area contributed by atoms with Crippen LogP contribution in [0.1, 0.15) is 6.92 Å². The lowest BCUT2D eigenvalue weighted by atomic mass is 10.5. The molecule has 0 bridgehead atoms. The monoisotopic (exact) mass is 307 g/mol. The van der Waals surface area contributed by atoms with E-state index in [1.165, 1.54) is 6.33 Å². The number of hydrazine groups is 1. The number of nitrogens with zero attached hydrogens (tertiary/aromatic N) is 2. The van der Waals surface area contributed by atoms with E-state index < -0.39 is 10.8 Å². The largest absolute Gasteiger partial charge is 0.368 e. The SMILES string of the molecule is CCS(=O)CCNc1ncnc(NN)c1Br. The molecule has 0 saturated heterocycles. The molecule has 0 aliphatic heterocycles. The fourth-order valence-corrected chi connectivity index (χ4v) is 2.10. The van der Waals surface area contributed by atoms with Crippen LogP contribution in [-0.4, -0.2) is 32.2 Å². The van der Waals surface area contributed by atoms with Crippen molar-refractivity contribution in [2.45, 2.75) is 6.92 Å². The molecule has 1 unspecified atom stereocenters. The van der Waals surface area contributed by atoms with Gasteiger partial charge in [-0.15, -0.1) is 0 Å². The predicted octanol–water partition coefficient (Wildman–Crippen LogP) is 0.705. The summed E-state index contributed by atoms with van der Waals surface area (Å²) in [6.45, 7) is 2.49. The van der Waals surface area contributed by atoms with Gasteiger partial charge < -0.3 is 10.7 Å². The van der Waals surface area contributed by atoms with Gasteiger partial charge in [0, 0.05) is 28.9 Å². The molecule has 1 atom stereocenters. The van der Waals surface area contributed by atoms with E-state index in [0.29, 0.717) is 34.2 Å². The van der Waals surface area contributed by atoms with Crippen molar-refractivity contribution in [2.24, 2.45) is 5.84 Å². The Morgan fingerprint density at radius 3 is 2.81 bits per heavy atom. The third-order valence-electron chi connectivity index (χ3n) is 1.87. The van der Waals surface area contributed by atoms with Crippen LogP contribution in [0.2, 0.25) is 0 Å². The Bertz CT molecular complexity index is 375. The lowest BCUT2D eigenvalue weighted by molar-refractivity contribution is 0.684. The van der Waals surface area contributed by atoms with Crippen LogP contribution in [0.15, 0.2) is 10.8 Å². The van der Waals surface area contributed by atoms with Crippen LogP contribution in [0.3, 0.4) is 0 Å². The minimum absolute atomic E-state index is 0.508. The number of hydrogen-bond donors (Lipinski definition) is 3. The van der Waals surface area contributed by atoms with Crippen LogP contribution in [0.5, 0.6) is 0 Å². The van der Waals surface area contributed by atoms with Gasteiger partial charge in [0.05, 0.1) is 0 Å². The van der Waals surface area contributed by atoms with E-state index in [2.05, 4.69) is 36.6 Å². The highest BCUT2D eigenvalue weighted by atomic mass is 79.9. The minimum atomic E-state index is -0.776. The van der Waals surface area contributed by atoms with Crippen molar-refractivity contribution in [3.8, 4) is 0 Å². The zero-order valence-electron chi connectivity index (χ0n) is 8.86. The number of hydrogen-bond acceptors (Lipinski definition) is 6. The Balaban J connectivity index is 2.57. The van der Waals surface area contributed by atoms with E-state index >= 15 is 0 Å². The summed E-state index contributed by atoms with van der Waals surface area (Å²) in [6.07, 6.45) is 1.40. The number of nitrogens with one attached hydrogen (secondary N) is 2. The van der Waals surface area contributed by atoms with Crippen molar-refractivity contribution < 1.29 is 4.21 Å². The van der Waals surface area contributed by atoms with Crippen LogP contribution < -0.4 is 16.6 Å². The molecule has 1 aromatic rings. The van der Waals surface area contributed by atoms with E-state index in [9.17, 15) is 4.21 Å². The Morgan fingerprint density at radius 2 is 2.19 bits per heavy atom. The lowest BCUT2D eigenvalue weighted by Crippen LogP contribution is -2.15. The molecular formula is C8H14BrN5OS. The second kappa shape index (κ2) is 6.77. The normalized spacial score (nSPS) is 12.2. The molecule has 4 N–H and O–H groups in total. The number of halogens is 1. The second-order valence-electron chi connectivity index (χ2n) is 2.89. The summed E-state index contributed by atoms with van der Waals surface area (Å²) in [5.74, 6) is 7.68. The lowest BCUT2D eigenvalue weighted by Gasteiger charge is -2.09. The maximum atomic E-state index is 11.2. The fraction of sp³-hybridized carbons (Fsp3) is 0.500. The predicted molar refractivity (Wildman–Crippen MR) is 69.6 cm³/mol.